The number of rotatable bonds is 6. The predicted molar refractivity (Wildman–Crippen MR) is 111 cm³/mol. The molecule has 3 aromatic carbocycles. The number of para-hydroxylation sites is 1. The van der Waals surface area contributed by atoms with Gasteiger partial charge in [-0.05, 0) is 54.1 Å². The Balaban J connectivity index is 1.62. The van der Waals surface area contributed by atoms with Gasteiger partial charge in [0.1, 0.15) is 12.4 Å². The van der Waals surface area contributed by atoms with Gasteiger partial charge in [0.25, 0.3) is 5.91 Å². The van der Waals surface area contributed by atoms with Crippen LogP contribution in [0.5, 0.6) is 5.75 Å². The van der Waals surface area contributed by atoms with Crippen molar-refractivity contribution in [2.24, 2.45) is 5.10 Å². The molecule has 0 heterocycles. The zero-order chi connectivity index (χ0) is 19.1. The average Bonchev–Trinajstić information content (AvgIpc) is 2.69. The van der Waals surface area contributed by atoms with Crippen molar-refractivity contribution in [3.05, 3.63) is 99.0 Å². The zero-order valence-electron chi connectivity index (χ0n) is 14.2. The number of carbonyl (C=O) groups excluding carboxylic acids is 1. The minimum atomic E-state index is -0.279. The molecule has 0 radical (unpaired) electrons. The molecule has 0 saturated heterocycles. The Morgan fingerprint density at radius 3 is 2.48 bits per heavy atom. The lowest BCUT2D eigenvalue weighted by Crippen LogP contribution is -2.17. The summed E-state index contributed by atoms with van der Waals surface area (Å²) in [5.41, 5.74) is 4.82. The summed E-state index contributed by atoms with van der Waals surface area (Å²) in [6.07, 6.45) is 1.56. The van der Waals surface area contributed by atoms with Gasteiger partial charge in [0.05, 0.1) is 6.21 Å². The SMILES string of the molecule is O=C(N/N=C/c1ccccc1OCc1ccc(Cl)cc1)c1ccc(Br)cc1. The molecule has 4 nitrogen and oxygen atoms in total. The first-order valence-corrected chi connectivity index (χ1v) is 9.34. The Bertz CT molecular complexity index is 941. The van der Waals surface area contributed by atoms with Gasteiger partial charge in [0.2, 0.25) is 0 Å². The molecule has 136 valence electrons. The molecule has 27 heavy (non-hydrogen) atoms. The molecule has 0 fully saturated rings. The number of hydrogen-bond acceptors (Lipinski definition) is 3. The quantitative estimate of drug-likeness (QED) is 0.407. The third kappa shape index (κ3) is 5.67. The fourth-order valence-electron chi connectivity index (χ4n) is 2.29. The van der Waals surface area contributed by atoms with Crippen LogP contribution in [0.3, 0.4) is 0 Å². The number of ether oxygens (including phenoxy) is 1. The monoisotopic (exact) mass is 442 g/mol. The zero-order valence-corrected chi connectivity index (χ0v) is 16.6. The second kappa shape index (κ2) is 9.35. The van der Waals surface area contributed by atoms with Crippen molar-refractivity contribution in [3.63, 3.8) is 0 Å². The third-order valence-corrected chi connectivity index (χ3v) is 4.48. The van der Waals surface area contributed by atoms with Crippen LogP contribution in [0.15, 0.2) is 82.4 Å². The van der Waals surface area contributed by atoms with Crippen molar-refractivity contribution in [1.82, 2.24) is 5.43 Å². The van der Waals surface area contributed by atoms with Gasteiger partial charge in [-0.3, -0.25) is 4.79 Å². The lowest BCUT2D eigenvalue weighted by atomic mass is 10.2. The van der Waals surface area contributed by atoms with Crippen LogP contribution in [0.4, 0.5) is 0 Å². The lowest BCUT2D eigenvalue weighted by molar-refractivity contribution is 0.0955. The number of amides is 1. The number of nitrogens with one attached hydrogen (secondary N) is 1. The van der Waals surface area contributed by atoms with Gasteiger partial charge in [-0.1, -0.05) is 51.8 Å². The molecule has 0 unspecified atom stereocenters. The van der Waals surface area contributed by atoms with E-state index in [0.29, 0.717) is 22.9 Å². The van der Waals surface area contributed by atoms with Gasteiger partial charge in [-0.15, -0.1) is 0 Å². The number of hydrazone groups is 1. The summed E-state index contributed by atoms with van der Waals surface area (Å²) in [5.74, 6) is 0.396. The number of nitrogens with zero attached hydrogens (tertiary/aromatic N) is 1. The smallest absolute Gasteiger partial charge is 0.271 e. The first kappa shape index (κ1) is 19.1. The van der Waals surface area contributed by atoms with Crippen LogP contribution >= 0.6 is 27.5 Å². The molecule has 1 N–H and O–H groups in total. The molecular formula is C21H16BrClN2O2. The molecular weight excluding hydrogens is 428 g/mol. The van der Waals surface area contributed by atoms with E-state index in [2.05, 4.69) is 26.5 Å². The fourth-order valence-corrected chi connectivity index (χ4v) is 2.68. The Kier molecular flexibility index (Phi) is 6.63. The van der Waals surface area contributed by atoms with E-state index in [9.17, 15) is 4.79 Å². The van der Waals surface area contributed by atoms with Crippen LogP contribution in [0.2, 0.25) is 5.02 Å². The molecule has 0 spiro atoms. The van der Waals surface area contributed by atoms with Crippen molar-refractivity contribution in [3.8, 4) is 5.75 Å². The summed E-state index contributed by atoms with van der Waals surface area (Å²) in [7, 11) is 0. The van der Waals surface area contributed by atoms with Gasteiger partial charge >= 0.3 is 0 Å². The van der Waals surface area contributed by atoms with Crippen LogP contribution in [0, 0.1) is 0 Å². The van der Waals surface area contributed by atoms with Gasteiger partial charge in [0.15, 0.2) is 0 Å². The molecule has 0 aliphatic carbocycles. The minimum absolute atomic E-state index is 0.279. The standard InChI is InChI=1S/C21H16BrClN2O2/c22-18-9-7-16(8-10-18)21(26)25-24-13-17-3-1-2-4-20(17)27-14-15-5-11-19(23)12-6-15/h1-13H,14H2,(H,25,26)/b24-13+. The van der Waals surface area contributed by atoms with Crippen LogP contribution in [-0.2, 0) is 6.61 Å². The Morgan fingerprint density at radius 2 is 1.74 bits per heavy atom. The topological polar surface area (TPSA) is 50.7 Å². The molecule has 6 heteroatoms. The van der Waals surface area contributed by atoms with E-state index < -0.39 is 0 Å². The highest BCUT2D eigenvalue weighted by Crippen LogP contribution is 2.18. The lowest BCUT2D eigenvalue weighted by Gasteiger charge is -2.09. The first-order valence-electron chi connectivity index (χ1n) is 8.17. The van der Waals surface area contributed by atoms with Crippen molar-refractivity contribution in [1.29, 1.82) is 0 Å². The Labute approximate surface area is 171 Å². The summed E-state index contributed by atoms with van der Waals surface area (Å²) in [6, 6.07) is 22.0. The maximum absolute atomic E-state index is 12.1. The first-order chi connectivity index (χ1) is 13.1. The van der Waals surface area contributed by atoms with Crippen molar-refractivity contribution < 1.29 is 9.53 Å². The predicted octanol–water partition coefficient (Wildman–Crippen LogP) is 5.45. The molecule has 3 rings (SSSR count). The third-order valence-electron chi connectivity index (χ3n) is 3.70. The average molecular weight is 444 g/mol. The van der Waals surface area contributed by atoms with E-state index in [1.807, 2.05) is 48.5 Å². The second-order valence-electron chi connectivity index (χ2n) is 5.66. The van der Waals surface area contributed by atoms with E-state index in [0.717, 1.165) is 15.6 Å². The molecule has 0 aliphatic rings. The summed E-state index contributed by atoms with van der Waals surface area (Å²) >= 11 is 9.23. The molecule has 0 aliphatic heterocycles. The van der Waals surface area contributed by atoms with Crippen LogP contribution in [-0.4, -0.2) is 12.1 Å². The van der Waals surface area contributed by atoms with Crippen LogP contribution in [0.1, 0.15) is 21.5 Å². The van der Waals surface area contributed by atoms with Crippen LogP contribution in [0.25, 0.3) is 0 Å². The van der Waals surface area contributed by atoms with E-state index >= 15 is 0 Å². The van der Waals surface area contributed by atoms with E-state index in [1.165, 1.54) is 0 Å². The summed E-state index contributed by atoms with van der Waals surface area (Å²) in [6.45, 7) is 0.410. The number of halogens is 2. The second-order valence-corrected chi connectivity index (χ2v) is 7.01. The van der Waals surface area contributed by atoms with Crippen molar-refractivity contribution in [2.75, 3.05) is 0 Å². The van der Waals surface area contributed by atoms with Crippen molar-refractivity contribution >= 4 is 39.7 Å². The van der Waals surface area contributed by atoms with Gasteiger partial charge in [-0.2, -0.15) is 5.10 Å². The molecule has 0 saturated carbocycles. The van der Waals surface area contributed by atoms with Gasteiger partial charge in [0, 0.05) is 20.6 Å². The molecule has 1 amide bonds. The molecule has 3 aromatic rings. The highest BCUT2D eigenvalue weighted by Gasteiger charge is 2.04. The molecule has 0 bridgehead atoms. The highest BCUT2D eigenvalue weighted by molar-refractivity contribution is 9.10. The van der Waals surface area contributed by atoms with E-state index in [4.69, 9.17) is 16.3 Å². The van der Waals surface area contributed by atoms with Crippen molar-refractivity contribution in [2.45, 2.75) is 6.61 Å². The minimum Gasteiger partial charge on any atom is -0.488 e. The number of benzene rings is 3. The normalized spacial score (nSPS) is 10.7. The maximum Gasteiger partial charge on any atom is 0.271 e. The van der Waals surface area contributed by atoms with Gasteiger partial charge in [-0.25, -0.2) is 5.43 Å². The molecule has 0 atom stereocenters. The van der Waals surface area contributed by atoms with Gasteiger partial charge < -0.3 is 4.74 Å². The largest absolute Gasteiger partial charge is 0.488 e. The molecule has 0 aromatic heterocycles. The Morgan fingerprint density at radius 1 is 1.04 bits per heavy atom. The summed E-state index contributed by atoms with van der Waals surface area (Å²) < 4.78 is 6.78. The maximum atomic E-state index is 12.1. The number of hydrogen-bond donors (Lipinski definition) is 1. The summed E-state index contributed by atoms with van der Waals surface area (Å²) in [5, 5.41) is 4.72. The number of carbonyl (C=O) groups is 1. The highest BCUT2D eigenvalue weighted by atomic mass is 79.9. The van der Waals surface area contributed by atoms with E-state index in [1.54, 1.807) is 30.5 Å². The van der Waals surface area contributed by atoms with Crippen LogP contribution < -0.4 is 10.2 Å². The Hall–Kier alpha value is -2.63. The fraction of sp³-hybridized carbons (Fsp3) is 0.0476. The van der Waals surface area contributed by atoms with E-state index in [-0.39, 0.29) is 5.91 Å². The summed E-state index contributed by atoms with van der Waals surface area (Å²) in [4.78, 5) is 12.1.